The monoisotopic (exact) mass is 330 g/mol. The first-order chi connectivity index (χ1) is 11.4. The molecule has 3 nitrogen and oxygen atoms in total. The van der Waals surface area contributed by atoms with Crippen LogP contribution in [0.4, 0.5) is 0 Å². The first-order valence-electron chi connectivity index (χ1n) is 10.0. The average molecular weight is 330 g/mol. The molecule has 3 unspecified atom stereocenters. The summed E-state index contributed by atoms with van der Waals surface area (Å²) in [5, 5.41) is 0. The molecular weight excluding hydrogens is 300 g/mol. The summed E-state index contributed by atoms with van der Waals surface area (Å²) in [6, 6.07) is 0. The van der Waals surface area contributed by atoms with Crippen molar-refractivity contribution >= 4 is 11.6 Å². The van der Waals surface area contributed by atoms with E-state index in [4.69, 9.17) is 4.74 Å². The van der Waals surface area contributed by atoms with Gasteiger partial charge in [-0.15, -0.1) is 0 Å². The van der Waals surface area contributed by atoms with Gasteiger partial charge in [-0.2, -0.15) is 0 Å². The maximum atomic E-state index is 12.3. The average Bonchev–Trinajstić information content (AvgIpc) is 3.24. The molecule has 0 aromatic heterocycles. The van der Waals surface area contributed by atoms with Crippen LogP contribution >= 0.6 is 0 Å². The molecule has 1 saturated heterocycles. The number of hydrogen-bond acceptors (Lipinski definition) is 3. The van der Waals surface area contributed by atoms with Crippen LogP contribution in [-0.2, 0) is 14.3 Å². The number of ether oxygens (including phenoxy) is 1. The lowest BCUT2D eigenvalue weighted by Crippen LogP contribution is -2.57. The second-order valence-electron chi connectivity index (χ2n) is 9.95. The van der Waals surface area contributed by atoms with Crippen molar-refractivity contribution < 1.29 is 14.3 Å². The summed E-state index contributed by atoms with van der Waals surface area (Å²) in [6.45, 7) is 6.60. The Kier molecular flexibility index (Phi) is 3.06. The van der Waals surface area contributed by atoms with E-state index >= 15 is 0 Å². The van der Waals surface area contributed by atoms with Crippen molar-refractivity contribution in [1.82, 2.24) is 0 Å². The van der Waals surface area contributed by atoms with Gasteiger partial charge in [-0.1, -0.05) is 13.8 Å². The topological polar surface area (TPSA) is 46.7 Å². The number of epoxide rings is 1. The summed E-state index contributed by atoms with van der Waals surface area (Å²) in [5.41, 5.74) is 0.358. The highest BCUT2D eigenvalue weighted by Crippen LogP contribution is 2.72. The largest absolute Gasteiger partial charge is 0.369 e. The Morgan fingerprint density at radius 1 is 1.17 bits per heavy atom. The maximum absolute atomic E-state index is 12.3. The van der Waals surface area contributed by atoms with Crippen molar-refractivity contribution in [3.63, 3.8) is 0 Å². The first-order valence-corrected chi connectivity index (χ1v) is 10.0. The van der Waals surface area contributed by atoms with Gasteiger partial charge >= 0.3 is 0 Å². The molecule has 5 rings (SSSR count). The fourth-order valence-corrected chi connectivity index (χ4v) is 8.08. The Balaban J connectivity index is 1.52. The zero-order valence-corrected chi connectivity index (χ0v) is 15.2. The second kappa shape index (κ2) is 4.72. The molecule has 1 heterocycles. The highest BCUT2D eigenvalue weighted by atomic mass is 16.6. The number of fused-ring (bicyclic) bond motifs is 8. The van der Waals surface area contributed by atoms with E-state index in [1.807, 2.05) is 0 Å². The van der Waals surface area contributed by atoms with Crippen molar-refractivity contribution in [2.45, 2.75) is 77.9 Å². The van der Waals surface area contributed by atoms with Gasteiger partial charge in [-0.3, -0.25) is 9.59 Å². The van der Waals surface area contributed by atoms with Crippen LogP contribution in [0.1, 0.15) is 65.7 Å². The third-order valence-electron chi connectivity index (χ3n) is 9.24. The van der Waals surface area contributed by atoms with Gasteiger partial charge in [0.15, 0.2) is 0 Å². The second-order valence-corrected chi connectivity index (χ2v) is 9.95. The summed E-state index contributed by atoms with van der Waals surface area (Å²) in [7, 11) is 0. The predicted molar refractivity (Wildman–Crippen MR) is 90.3 cm³/mol. The Labute approximate surface area is 144 Å². The summed E-state index contributed by atoms with van der Waals surface area (Å²) >= 11 is 0. The lowest BCUT2D eigenvalue weighted by Gasteiger charge is -2.58. The van der Waals surface area contributed by atoms with E-state index < -0.39 is 0 Å². The molecule has 1 aliphatic heterocycles. The number of ketones is 2. The van der Waals surface area contributed by atoms with Crippen molar-refractivity contribution in [3.05, 3.63) is 0 Å². The van der Waals surface area contributed by atoms with Crippen LogP contribution in [0.5, 0.6) is 0 Å². The fourth-order valence-electron chi connectivity index (χ4n) is 8.08. The first kappa shape index (κ1) is 15.5. The molecule has 4 aliphatic carbocycles. The number of carbonyl (C=O) groups is 2. The molecular formula is C21H30O3. The molecule has 9 atom stereocenters. The minimum Gasteiger partial charge on any atom is -0.369 e. The van der Waals surface area contributed by atoms with Crippen LogP contribution in [-0.4, -0.2) is 23.8 Å². The Hall–Kier alpha value is -0.700. The Morgan fingerprint density at radius 2 is 1.96 bits per heavy atom. The maximum Gasteiger partial charge on any atom is 0.133 e. The van der Waals surface area contributed by atoms with Gasteiger partial charge < -0.3 is 4.74 Å². The van der Waals surface area contributed by atoms with Crippen LogP contribution in [0.25, 0.3) is 0 Å². The summed E-state index contributed by atoms with van der Waals surface area (Å²) in [6.07, 6.45) is 8.00. The van der Waals surface area contributed by atoms with Gasteiger partial charge in [0.1, 0.15) is 11.6 Å². The quantitative estimate of drug-likeness (QED) is 0.687. The molecule has 3 heteroatoms. The van der Waals surface area contributed by atoms with Crippen LogP contribution in [0.2, 0.25) is 0 Å². The molecule has 0 N–H and O–H groups in total. The highest BCUT2D eigenvalue weighted by Gasteiger charge is 2.73. The van der Waals surface area contributed by atoms with Gasteiger partial charge in [-0.05, 0) is 68.1 Å². The molecule has 0 amide bonds. The third-order valence-corrected chi connectivity index (χ3v) is 9.24. The zero-order chi connectivity index (χ0) is 16.9. The zero-order valence-electron chi connectivity index (χ0n) is 15.2. The molecule has 4 saturated carbocycles. The van der Waals surface area contributed by atoms with E-state index in [-0.39, 0.29) is 16.7 Å². The lowest BCUT2D eigenvalue weighted by molar-refractivity contribution is -0.138. The van der Waals surface area contributed by atoms with Gasteiger partial charge in [0.2, 0.25) is 0 Å². The van der Waals surface area contributed by atoms with Crippen molar-refractivity contribution in [2.24, 2.45) is 40.4 Å². The Bertz CT molecular complexity index is 612. The molecule has 0 aromatic carbocycles. The van der Waals surface area contributed by atoms with Crippen LogP contribution in [0, 0.1) is 40.4 Å². The smallest absolute Gasteiger partial charge is 0.133 e. The summed E-state index contributed by atoms with van der Waals surface area (Å²) in [5.74, 6) is 3.60. The van der Waals surface area contributed by atoms with Crippen LogP contribution in [0.15, 0.2) is 0 Å². The number of Topliss-reactive ketones (excluding diaryl/α,β-unsaturated/α-hetero) is 2. The van der Waals surface area contributed by atoms with Gasteiger partial charge in [0, 0.05) is 24.2 Å². The van der Waals surface area contributed by atoms with E-state index in [1.54, 1.807) is 6.92 Å². The molecule has 5 aliphatic rings. The van der Waals surface area contributed by atoms with Gasteiger partial charge in [0.25, 0.3) is 0 Å². The minimum absolute atomic E-state index is 0.0748. The summed E-state index contributed by atoms with van der Waals surface area (Å²) in [4.78, 5) is 24.3. The van der Waals surface area contributed by atoms with Gasteiger partial charge in [-0.25, -0.2) is 0 Å². The van der Waals surface area contributed by atoms with Gasteiger partial charge in [0.05, 0.1) is 12.2 Å². The highest BCUT2D eigenvalue weighted by molar-refractivity contribution is 5.80. The number of hydrogen-bond donors (Lipinski definition) is 0. The number of rotatable bonds is 1. The molecule has 0 radical (unpaired) electrons. The molecule has 0 bridgehead atoms. The summed E-state index contributed by atoms with van der Waals surface area (Å²) < 4.78 is 6.35. The molecule has 0 spiro atoms. The Morgan fingerprint density at radius 3 is 2.71 bits per heavy atom. The van der Waals surface area contributed by atoms with E-state index in [1.165, 1.54) is 19.3 Å². The van der Waals surface area contributed by atoms with Crippen molar-refractivity contribution in [1.29, 1.82) is 0 Å². The van der Waals surface area contributed by atoms with E-state index in [0.29, 0.717) is 47.4 Å². The fraction of sp³-hybridized carbons (Fsp3) is 0.905. The normalized spacial score (nSPS) is 58.3. The third kappa shape index (κ3) is 1.73. The van der Waals surface area contributed by atoms with E-state index in [9.17, 15) is 9.59 Å². The van der Waals surface area contributed by atoms with Crippen LogP contribution in [0.3, 0.4) is 0 Å². The van der Waals surface area contributed by atoms with E-state index in [0.717, 1.165) is 25.7 Å². The van der Waals surface area contributed by atoms with Crippen molar-refractivity contribution in [2.75, 3.05) is 0 Å². The predicted octanol–water partition coefficient (Wildman–Crippen LogP) is 3.79. The molecule has 5 fully saturated rings. The SMILES string of the molecule is CC(=O)[C@H]1CC[C@H]2[C@@H]3CCC4CC(=O)CC[C@]4(C)[C@H]3C3OC3[C@]12C. The van der Waals surface area contributed by atoms with Crippen molar-refractivity contribution in [3.8, 4) is 0 Å². The standard InChI is InChI=1S/C21H30O3/c1-11(22)15-6-7-16-14-5-4-12-10-13(23)8-9-20(12,2)17(14)18-19(24-18)21(15,16)3/h12,14-19H,4-10H2,1-3H3/t12?,14-,15+,16-,17+,18?,19?,20-,21+/m0/s1. The van der Waals surface area contributed by atoms with Crippen LogP contribution < -0.4 is 0 Å². The number of carbonyl (C=O) groups excluding carboxylic acids is 2. The lowest BCUT2D eigenvalue weighted by atomic mass is 9.44. The van der Waals surface area contributed by atoms with E-state index in [2.05, 4.69) is 13.8 Å². The molecule has 132 valence electrons. The minimum atomic E-state index is 0.0748. The molecule has 24 heavy (non-hydrogen) atoms. The molecule has 0 aromatic rings.